The average Bonchev–Trinajstić information content (AvgIpc) is 2.66. The fourth-order valence-corrected chi connectivity index (χ4v) is 3.49. The van der Waals surface area contributed by atoms with Gasteiger partial charge in [0.15, 0.2) is 0 Å². The summed E-state index contributed by atoms with van der Waals surface area (Å²) < 4.78 is 0. The van der Waals surface area contributed by atoms with Crippen molar-refractivity contribution in [1.29, 1.82) is 0 Å². The maximum atomic E-state index is 11.8. The van der Waals surface area contributed by atoms with E-state index in [0.717, 1.165) is 22.2 Å². The van der Waals surface area contributed by atoms with E-state index in [2.05, 4.69) is 0 Å². The van der Waals surface area contributed by atoms with Crippen LogP contribution < -0.4 is 0 Å². The first kappa shape index (κ1) is 17.4. The molecule has 4 N–H and O–H groups in total. The quantitative estimate of drug-likeness (QED) is 0.311. The van der Waals surface area contributed by atoms with Gasteiger partial charge in [-0.25, -0.2) is 9.59 Å². The molecular weight excluding hydrogens is 360 g/mol. The maximum absolute atomic E-state index is 11.8. The number of carboxylic acids is 2. The van der Waals surface area contributed by atoms with Crippen molar-refractivity contribution >= 4 is 33.5 Å². The van der Waals surface area contributed by atoms with Crippen molar-refractivity contribution < 1.29 is 30.0 Å². The summed E-state index contributed by atoms with van der Waals surface area (Å²) in [4.78, 5) is 23.1. The van der Waals surface area contributed by atoms with Crippen LogP contribution in [0, 0.1) is 0 Å². The minimum Gasteiger partial charge on any atom is -0.507 e. The van der Waals surface area contributed by atoms with Gasteiger partial charge in [0.05, 0.1) is 0 Å². The normalized spacial score (nSPS) is 11.0. The number of phenols is 2. The molecule has 6 nitrogen and oxygen atoms in total. The van der Waals surface area contributed by atoms with Gasteiger partial charge in [-0.2, -0.15) is 0 Å². The molecule has 4 aromatic carbocycles. The van der Waals surface area contributed by atoms with Crippen molar-refractivity contribution in [3.8, 4) is 22.6 Å². The van der Waals surface area contributed by atoms with E-state index in [1.807, 2.05) is 42.5 Å². The number of rotatable bonds is 3. The second-order valence-electron chi connectivity index (χ2n) is 6.38. The summed E-state index contributed by atoms with van der Waals surface area (Å²) in [6.07, 6.45) is 0. The van der Waals surface area contributed by atoms with Crippen molar-refractivity contribution in [2.75, 3.05) is 0 Å². The van der Waals surface area contributed by atoms with Crippen LogP contribution >= 0.6 is 0 Å². The fraction of sp³-hybridized carbons (Fsp3) is 0. The summed E-state index contributed by atoms with van der Waals surface area (Å²) in [6, 6.07) is 17.5. The number of benzene rings is 4. The predicted octanol–water partition coefficient (Wildman–Crippen LogP) is 4.47. The van der Waals surface area contributed by atoms with Gasteiger partial charge in [0.1, 0.15) is 22.6 Å². The Balaban J connectivity index is 2.13. The third kappa shape index (κ3) is 2.59. The predicted molar refractivity (Wildman–Crippen MR) is 104 cm³/mol. The summed E-state index contributed by atoms with van der Waals surface area (Å²) in [5.41, 5.74) is -1.08. The highest BCUT2D eigenvalue weighted by Crippen LogP contribution is 2.43. The number of hydrogen-bond donors (Lipinski definition) is 4. The standard InChI is InChI=1S/C22H14O6/c23-17-10-16(21(25)26)20(24)19(22(27)28)18(17)14-7-3-6-13-8-11-4-1-2-5-12(11)9-15(13)14/h1-10,23-24H,(H,25,26)(H,27,28). The highest BCUT2D eigenvalue weighted by molar-refractivity contribution is 6.11. The van der Waals surface area contributed by atoms with Crippen LogP contribution in [0.15, 0.2) is 60.7 Å². The first-order valence-corrected chi connectivity index (χ1v) is 8.36. The van der Waals surface area contributed by atoms with E-state index >= 15 is 0 Å². The summed E-state index contributed by atoms with van der Waals surface area (Å²) in [5.74, 6) is -4.51. The topological polar surface area (TPSA) is 115 Å². The maximum Gasteiger partial charge on any atom is 0.340 e. The minimum atomic E-state index is -1.54. The summed E-state index contributed by atoms with van der Waals surface area (Å²) in [5, 5.41) is 43.0. The zero-order chi connectivity index (χ0) is 20.0. The number of carbonyl (C=O) groups is 2. The lowest BCUT2D eigenvalue weighted by atomic mass is 9.90. The van der Waals surface area contributed by atoms with Crippen molar-refractivity contribution in [3.05, 3.63) is 71.8 Å². The first-order chi connectivity index (χ1) is 13.4. The Bertz CT molecular complexity index is 1290. The Kier molecular flexibility index (Phi) is 3.89. The summed E-state index contributed by atoms with van der Waals surface area (Å²) in [7, 11) is 0. The highest BCUT2D eigenvalue weighted by atomic mass is 16.4. The van der Waals surface area contributed by atoms with Crippen molar-refractivity contribution in [2.24, 2.45) is 0 Å². The Labute approximate surface area is 158 Å². The fourth-order valence-electron chi connectivity index (χ4n) is 3.49. The van der Waals surface area contributed by atoms with E-state index in [1.54, 1.807) is 12.1 Å². The molecule has 0 spiro atoms. The number of carboxylic acid groups (broad SMARTS) is 2. The first-order valence-electron chi connectivity index (χ1n) is 8.36. The number of aromatic carboxylic acids is 2. The van der Waals surface area contributed by atoms with Crippen LogP contribution in [0.4, 0.5) is 0 Å². The van der Waals surface area contributed by atoms with Crippen LogP contribution in [0.2, 0.25) is 0 Å². The molecule has 0 aliphatic rings. The molecule has 0 saturated heterocycles. The van der Waals surface area contributed by atoms with Crippen LogP contribution in [0.1, 0.15) is 20.7 Å². The molecule has 6 heteroatoms. The van der Waals surface area contributed by atoms with E-state index in [9.17, 15) is 30.0 Å². The Hall–Kier alpha value is -4.06. The molecule has 138 valence electrons. The van der Waals surface area contributed by atoms with Crippen LogP contribution in [-0.4, -0.2) is 32.4 Å². The lowest BCUT2D eigenvalue weighted by molar-refractivity contribution is 0.0691. The van der Waals surface area contributed by atoms with E-state index < -0.39 is 34.6 Å². The van der Waals surface area contributed by atoms with E-state index in [-0.39, 0.29) is 5.56 Å². The van der Waals surface area contributed by atoms with Gasteiger partial charge < -0.3 is 20.4 Å². The van der Waals surface area contributed by atoms with Gasteiger partial charge >= 0.3 is 11.9 Å². The Morgan fingerprint density at radius 2 is 1.36 bits per heavy atom. The van der Waals surface area contributed by atoms with Crippen molar-refractivity contribution in [2.45, 2.75) is 0 Å². The van der Waals surface area contributed by atoms with Crippen molar-refractivity contribution in [3.63, 3.8) is 0 Å². The van der Waals surface area contributed by atoms with Gasteiger partial charge in [-0.1, -0.05) is 42.5 Å². The van der Waals surface area contributed by atoms with Gasteiger partial charge in [0, 0.05) is 5.56 Å². The number of phenolic OH excluding ortho intramolecular Hbond substituents is 1. The van der Waals surface area contributed by atoms with Gasteiger partial charge in [-0.15, -0.1) is 0 Å². The summed E-state index contributed by atoms with van der Waals surface area (Å²) >= 11 is 0. The smallest absolute Gasteiger partial charge is 0.340 e. The largest absolute Gasteiger partial charge is 0.507 e. The Morgan fingerprint density at radius 1 is 0.714 bits per heavy atom. The van der Waals surface area contributed by atoms with Crippen LogP contribution in [0.3, 0.4) is 0 Å². The molecule has 28 heavy (non-hydrogen) atoms. The summed E-state index contributed by atoms with van der Waals surface area (Å²) in [6.45, 7) is 0. The zero-order valence-corrected chi connectivity index (χ0v) is 14.4. The second-order valence-corrected chi connectivity index (χ2v) is 6.38. The van der Waals surface area contributed by atoms with E-state index in [1.165, 1.54) is 0 Å². The van der Waals surface area contributed by atoms with Gasteiger partial charge in [-0.05, 0) is 45.3 Å². The Morgan fingerprint density at radius 3 is 2.00 bits per heavy atom. The lowest BCUT2D eigenvalue weighted by Crippen LogP contribution is -2.06. The van der Waals surface area contributed by atoms with Gasteiger partial charge in [-0.3, -0.25) is 0 Å². The molecule has 0 amide bonds. The molecule has 0 saturated carbocycles. The molecule has 0 heterocycles. The number of aromatic hydroxyl groups is 2. The average molecular weight is 374 g/mol. The monoisotopic (exact) mass is 374 g/mol. The minimum absolute atomic E-state index is 0.129. The second kappa shape index (κ2) is 6.28. The van der Waals surface area contributed by atoms with Crippen LogP contribution in [0.25, 0.3) is 32.7 Å². The molecule has 4 rings (SSSR count). The third-order valence-corrected chi connectivity index (χ3v) is 4.74. The number of hydrogen-bond acceptors (Lipinski definition) is 4. The highest BCUT2D eigenvalue weighted by Gasteiger charge is 2.27. The molecule has 4 aromatic rings. The van der Waals surface area contributed by atoms with E-state index in [0.29, 0.717) is 10.9 Å². The van der Waals surface area contributed by atoms with Crippen LogP contribution in [0.5, 0.6) is 11.5 Å². The molecule has 0 aromatic heterocycles. The molecule has 0 fully saturated rings. The molecule has 0 radical (unpaired) electrons. The lowest BCUT2D eigenvalue weighted by Gasteiger charge is -2.15. The van der Waals surface area contributed by atoms with Gasteiger partial charge in [0.25, 0.3) is 0 Å². The molecule has 0 atom stereocenters. The van der Waals surface area contributed by atoms with Gasteiger partial charge in [0.2, 0.25) is 0 Å². The molecule has 0 aliphatic carbocycles. The number of fused-ring (bicyclic) bond motifs is 2. The molecular formula is C22H14O6. The van der Waals surface area contributed by atoms with Crippen LogP contribution in [-0.2, 0) is 0 Å². The SMILES string of the molecule is O=C(O)c1cc(O)c(-c2cccc3cc4ccccc4cc23)c(C(=O)O)c1O. The molecule has 0 bridgehead atoms. The molecule has 0 aliphatic heterocycles. The molecule has 0 unspecified atom stereocenters. The van der Waals surface area contributed by atoms with Crippen molar-refractivity contribution in [1.82, 2.24) is 0 Å². The van der Waals surface area contributed by atoms with E-state index in [4.69, 9.17) is 0 Å². The zero-order valence-electron chi connectivity index (χ0n) is 14.4. The third-order valence-electron chi connectivity index (χ3n) is 4.74.